The summed E-state index contributed by atoms with van der Waals surface area (Å²) in [5, 5.41) is 3.15. The van der Waals surface area contributed by atoms with Crippen molar-refractivity contribution in [3.8, 4) is 11.5 Å². The van der Waals surface area contributed by atoms with Crippen LogP contribution >= 0.6 is 27.3 Å². The summed E-state index contributed by atoms with van der Waals surface area (Å²) < 4.78 is 11.7. The number of aromatic nitrogens is 1. The van der Waals surface area contributed by atoms with E-state index in [0.717, 1.165) is 53.8 Å². The maximum Gasteiger partial charge on any atom is 0.185 e. The van der Waals surface area contributed by atoms with Crippen LogP contribution in [0, 0.1) is 0 Å². The number of ether oxygens (including phenoxy) is 2. The molecule has 2 heterocycles. The van der Waals surface area contributed by atoms with E-state index >= 15 is 0 Å². The molecule has 1 fully saturated rings. The molecule has 1 aromatic carbocycles. The Morgan fingerprint density at radius 1 is 1.17 bits per heavy atom. The third-order valence-electron chi connectivity index (χ3n) is 3.96. The summed E-state index contributed by atoms with van der Waals surface area (Å²) in [4.78, 5) is 9.20. The number of thiazole rings is 1. The van der Waals surface area contributed by atoms with Crippen LogP contribution in [0.3, 0.4) is 0 Å². The van der Waals surface area contributed by atoms with Crippen LogP contribution in [0.2, 0.25) is 0 Å². The smallest absolute Gasteiger partial charge is 0.185 e. The molecule has 2 aromatic rings. The summed E-state index contributed by atoms with van der Waals surface area (Å²) in [7, 11) is 3.32. The minimum atomic E-state index is 0.741. The lowest BCUT2D eigenvalue weighted by atomic mass is 10.1. The zero-order valence-corrected chi connectivity index (χ0v) is 15.7. The summed E-state index contributed by atoms with van der Waals surface area (Å²) in [5.74, 6) is 1.50. The van der Waals surface area contributed by atoms with E-state index in [2.05, 4.69) is 42.8 Å². The van der Waals surface area contributed by atoms with E-state index in [1.165, 1.54) is 5.56 Å². The van der Waals surface area contributed by atoms with Gasteiger partial charge in [0, 0.05) is 44.3 Å². The minimum absolute atomic E-state index is 0.741. The van der Waals surface area contributed by atoms with Gasteiger partial charge in [0.05, 0.1) is 18.7 Å². The number of benzene rings is 1. The van der Waals surface area contributed by atoms with Crippen molar-refractivity contribution < 1.29 is 9.47 Å². The Bertz CT molecular complexity index is 643. The van der Waals surface area contributed by atoms with E-state index < -0.39 is 0 Å². The van der Waals surface area contributed by atoms with Crippen molar-refractivity contribution in [2.45, 2.75) is 6.54 Å². The van der Waals surface area contributed by atoms with Gasteiger partial charge in [-0.3, -0.25) is 4.90 Å². The van der Waals surface area contributed by atoms with Gasteiger partial charge in [0.15, 0.2) is 16.6 Å². The van der Waals surface area contributed by atoms with Crippen LogP contribution in [0.5, 0.6) is 11.5 Å². The lowest BCUT2D eigenvalue weighted by Crippen LogP contribution is -2.45. The van der Waals surface area contributed by atoms with E-state index in [9.17, 15) is 0 Å². The molecule has 1 aliphatic rings. The highest BCUT2D eigenvalue weighted by atomic mass is 79.9. The van der Waals surface area contributed by atoms with Gasteiger partial charge in [-0.2, -0.15) is 0 Å². The number of methoxy groups -OCH3 is 2. The molecule has 0 spiro atoms. The lowest BCUT2D eigenvalue weighted by molar-refractivity contribution is 0.249. The average Bonchev–Trinajstić information content (AvgIpc) is 3.09. The van der Waals surface area contributed by atoms with Crippen LogP contribution in [0.1, 0.15) is 5.56 Å². The predicted octanol–water partition coefficient (Wildman–Crippen LogP) is 3.25. The van der Waals surface area contributed by atoms with E-state index in [1.54, 1.807) is 25.6 Å². The first kappa shape index (κ1) is 16.5. The van der Waals surface area contributed by atoms with Crippen LogP contribution in [0.4, 0.5) is 5.13 Å². The molecule has 0 saturated carbocycles. The largest absolute Gasteiger partial charge is 0.493 e. The molecule has 0 unspecified atom stereocenters. The zero-order valence-electron chi connectivity index (χ0n) is 13.3. The molecule has 0 N–H and O–H groups in total. The number of piperazine rings is 1. The second-order valence-corrected chi connectivity index (χ2v) is 7.12. The molecule has 1 aromatic heterocycles. The Hall–Kier alpha value is -1.31. The standard InChI is InChI=1S/C16H20BrN3O2S/c1-21-14-10-12(9-13(17)15(14)22-2)11-19-4-6-20(7-5-19)16-18-3-8-23-16/h3,8-10H,4-7,11H2,1-2H3. The predicted molar refractivity (Wildman–Crippen MR) is 96.9 cm³/mol. The van der Waals surface area contributed by atoms with E-state index in [4.69, 9.17) is 9.47 Å². The van der Waals surface area contributed by atoms with Gasteiger partial charge < -0.3 is 14.4 Å². The van der Waals surface area contributed by atoms with Gasteiger partial charge in [-0.25, -0.2) is 4.98 Å². The molecule has 0 atom stereocenters. The van der Waals surface area contributed by atoms with Gasteiger partial charge in [0.25, 0.3) is 0 Å². The van der Waals surface area contributed by atoms with E-state index in [0.29, 0.717) is 0 Å². The van der Waals surface area contributed by atoms with E-state index in [-0.39, 0.29) is 0 Å². The molecule has 0 bridgehead atoms. The highest BCUT2D eigenvalue weighted by Crippen LogP contribution is 2.36. The Balaban J connectivity index is 1.63. The first-order valence-electron chi connectivity index (χ1n) is 7.48. The summed E-state index contributed by atoms with van der Waals surface area (Å²) in [5.41, 5.74) is 1.22. The first-order valence-corrected chi connectivity index (χ1v) is 9.15. The summed E-state index contributed by atoms with van der Waals surface area (Å²) >= 11 is 5.27. The van der Waals surface area contributed by atoms with Crippen LogP contribution in [-0.4, -0.2) is 50.3 Å². The number of rotatable bonds is 5. The second-order valence-electron chi connectivity index (χ2n) is 5.39. The van der Waals surface area contributed by atoms with Crippen molar-refractivity contribution in [1.29, 1.82) is 0 Å². The quantitative estimate of drug-likeness (QED) is 0.773. The van der Waals surface area contributed by atoms with Crippen molar-refractivity contribution in [2.24, 2.45) is 0 Å². The van der Waals surface area contributed by atoms with Gasteiger partial charge in [-0.05, 0) is 33.6 Å². The topological polar surface area (TPSA) is 37.8 Å². The van der Waals surface area contributed by atoms with Gasteiger partial charge in [-0.15, -0.1) is 11.3 Å². The molecule has 1 aliphatic heterocycles. The SMILES string of the molecule is COc1cc(CN2CCN(c3nccs3)CC2)cc(Br)c1OC. The fraction of sp³-hybridized carbons (Fsp3) is 0.438. The van der Waals surface area contributed by atoms with Crippen LogP contribution in [-0.2, 0) is 6.54 Å². The fourth-order valence-corrected chi connectivity index (χ4v) is 4.14. The number of anilines is 1. The van der Waals surface area contributed by atoms with E-state index in [1.807, 2.05) is 11.6 Å². The highest BCUT2D eigenvalue weighted by Gasteiger charge is 2.19. The molecule has 5 nitrogen and oxygen atoms in total. The van der Waals surface area contributed by atoms with Gasteiger partial charge in [0.1, 0.15) is 0 Å². The van der Waals surface area contributed by atoms with Gasteiger partial charge in [0.2, 0.25) is 0 Å². The monoisotopic (exact) mass is 397 g/mol. The third kappa shape index (κ3) is 3.79. The minimum Gasteiger partial charge on any atom is -0.493 e. The molecule has 0 radical (unpaired) electrons. The maximum absolute atomic E-state index is 5.42. The van der Waals surface area contributed by atoms with Gasteiger partial charge in [-0.1, -0.05) is 0 Å². The molecular weight excluding hydrogens is 378 g/mol. The number of hydrogen-bond acceptors (Lipinski definition) is 6. The van der Waals surface area contributed by atoms with Crippen LogP contribution < -0.4 is 14.4 Å². The molecule has 0 amide bonds. The zero-order chi connectivity index (χ0) is 16.2. The maximum atomic E-state index is 5.42. The lowest BCUT2D eigenvalue weighted by Gasteiger charge is -2.34. The van der Waals surface area contributed by atoms with Crippen molar-refractivity contribution in [3.05, 3.63) is 33.7 Å². The Labute approximate surface area is 149 Å². The second kappa shape index (κ2) is 7.51. The molecule has 1 saturated heterocycles. The van der Waals surface area contributed by atoms with Crippen LogP contribution in [0.15, 0.2) is 28.2 Å². The highest BCUT2D eigenvalue weighted by molar-refractivity contribution is 9.10. The molecule has 3 rings (SSSR count). The summed E-state index contributed by atoms with van der Waals surface area (Å²) in [6.45, 7) is 5.01. The normalized spacial score (nSPS) is 15.7. The number of halogens is 1. The first-order chi connectivity index (χ1) is 11.2. The number of hydrogen-bond donors (Lipinski definition) is 0. The Kier molecular flexibility index (Phi) is 5.40. The molecule has 0 aliphatic carbocycles. The average molecular weight is 398 g/mol. The van der Waals surface area contributed by atoms with Crippen molar-refractivity contribution in [3.63, 3.8) is 0 Å². The molecule has 7 heteroatoms. The molecule has 124 valence electrons. The van der Waals surface area contributed by atoms with Crippen LogP contribution in [0.25, 0.3) is 0 Å². The molecule has 23 heavy (non-hydrogen) atoms. The Morgan fingerprint density at radius 3 is 2.57 bits per heavy atom. The van der Waals surface area contributed by atoms with Crippen molar-refractivity contribution >= 4 is 32.4 Å². The fourth-order valence-electron chi connectivity index (χ4n) is 2.79. The summed E-state index contributed by atoms with van der Waals surface area (Å²) in [6, 6.07) is 4.16. The summed E-state index contributed by atoms with van der Waals surface area (Å²) in [6.07, 6.45) is 1.87. The Morgan fingerprint density at radius 2 is 1.96 bits per heavy atom. The van der Waals surface area contributed by atoms with Gasteiger partial charge >= 0.3 is 0 Å². The third-order valence-corrected chi connectivity index (χ3v) is 5.38. The number of nitrogens with zero attached hydrogens (tertiary/aromatic N) is 3. The van der Waals surface area contributed by atoms with Crippen molar-refractivity contribution in [1.82, 2.24) is 9.88 Å². The molecular formula is C16H20BrN3O2S. The van der Waals surface area contributed by atoms with Crippen molar-refractivity contribution in [2.75, 3.05) is 45.3 Å².